The monoisotopic (exact) mass is 316 g/mol. The van der Waals surface area contributed by atoms with E-state index in [1.54, 1.807) is 31.3 Å². The van der Waals surface area contributed by atoms with Gasteiger partial charge in [-0.05, 0) is 42.8 Å². The van der Waals surface area contributed by atoms with Crippen LogP contribution in [0.3, 0.4) is 0 Å². The maximum atomic E-state index is 13.3. The van der Waals surface area contributed by atoms with Gasteiger partial charge < -0.3 is 19.8 Å². The Morgan fingerprint density at radius 3 is 3.00 bits per heavy atom. The molecule has 5 nitrogen and oxygen atoms in total. The Bertz CT molecular complexity index is 822. The van der Waals surface area contributed by atoms with Gasteiger partial charge >= 0.3 is 0 Å². The first kappa shape index (κ1) is 15.3. The third kappa shape index (κ3) is 3.27. The van der Waals surface area contributed by atoms with Gasteiger partial charge in [-0.1, -0.05) is 0 Å². The molecule has 0 radical (unpaired) electrons. The standard InChI is InChI=1S/C17H17FN2O3/c1-17(22,15-3-2-6-23-15)10-20-16(21)7-11-9-19-14-5-4-12(18)8-13(11)14/h2-6,8-9,19,22H,7,10H2,1H3,(H,20,21). The Balaban J connectivity index is 1.66. The van der Waals surface area contributed by atoms with Crippen LogP contribution in [0, 0.1) is 5.82 Å². The van der Waals surface area contributed by atoms with Crippen molar-refractivity contribution in [2.24, 2.45) is 0 Å². The number of aromatic amines is 1. The number of amides is 1. The zero-order chi connectivity index (χ0) is 16.4. The number of H-pyrrole nitrogens is 1. The summed E-state index contributed by atoms with van der Waals surface area (Å²) >= 11 is 0. The van der Waals surface area contributed by atoms with E-state index in [0.717, 1.165) is 5.52 Å². The number of hydrogen-bond donors (Lipinski definition) is 3. The fourth-order valence-electron chi connectivity index (χ4n) is 2.48. The van der Waals surface area contributed by atoms with Gasteiger partial charge in [-0.15, -0.1) is 0 Å². The highest BCUT2D eigenvalue weighted by molar-refractivity contribution is 5.88. The van der Waals surface area contributed by atoms with Gasteiger partial charge in [-0.2, -0.15) is 0 Å². The lowest BCUT2D eigenvalue weighted by atomic mass is 10.0. The average Bonchev–Trinajstić information content (AvgIpc) is 3.16. The van der Waals surface area contributed by atoms with Gasteiger partial charge in [-0.25, -0.2) is 4.39 Å². The molecule has 120 valence electrons. The molecule has 0 aliphatic rings. The van der Waals surface area contributed by atoms with E-state index in [0.29, 0.717) is 16.7 Å². The van der Waals surface area contributed by atoms with Gasteiger partial charge in [0.25, 0.3) is 0 Å². The molecule has 1 unspecified atom stereocenters. The molecular weight excluding hydrogens is 299 g/mol. The highest BCUT2D eigenvalue weighted by Crippen LogP contribution is 2.21. The number of nitrogens with one attached hydrogen (secondary N) is 2. The summed E-state index contributed by atoms with van der Waals surface area (Å²) in [5.74, 6) is -0.228. The van der Waals surface area contributed by atoms with Crippen LogP contribution in [0.25, 0.3) is 10.9 Å². The number of carbonyl (C=O) groups excluding carboxylic acids is 1. The lowest BCUT2D eigenvalue weighted by Gasteiger charge is -2.21. The zero-order valence-corrected chi connectivity index (χ0v) is 12.6. The fraction of sp³-hybridized carbons (Fsp3) is 0.235. The minimum atomic E-state index is -1.29. The van der Waals surface area contributed by atoms with E-state index in [4.69, 9.17) is 4.42 Å². The maximum Gasteiger partial charge on any atom is 0.224 e. The van der Waals surface area contributed by atoms with Crippen LogP contribution in [-0.4, -0.2) is 22.5 Å². The number of fused-ring (bicyclic) bond motifs is 1. The number of aliphatic hydroxyl groups is 1. The molecule has 3 rings (SSSR count). The first-order chi connectivity index (χ1) is 11.0. The number of furan rings is 1. The minimum Gasteiger partial charge on any atom is -0.466 e. The topological polar surface area (TPSA) is 78.3 Å². The average molecular weight is 316 g/mol. The molecule has 3 N–H and O–H groups in total. The largest absolute Gasteiger partial charge is 0.466 e. The summed E-state index contributed by atoms with van der Waals surface area (Å²) in [4.78, 5) is 15.1. The summed E-state index contributed by atoms with van der Waals surface area (Å²) < 4.78 is 18.5. The fourth-order valence-corrected chi connectivity index (χ4v) is 2.48. The van der Waals surface area contributed by atoms with Crippen molar-refractivity contribution in [3.05, 3.63) is 59.9 Å². The highest BCUT2D eigenvalue weighted by atomic mass is 19.1. The summed E-state index contributed by atoms with van der Waals surface area (Å²) in [6.45, 7) is 1.59. The van der Waals surface area contributed by atoms with Crippen LogP contribution in [0.2, 0.25) is 0 Å². The quantitative estimate of drug-likeness (QED) is 0.676. The maximum absolute atomic E-state index is 13.3. The minimum absolute atomic E-state index is 0.0239. The van der Waals surface area contributed by atoms with E-state index in [1.165, 1.54) is 18.4 Å². The number of benzene rings is 1. The van der Waals surface area contributed by atoms with Crippen molar-refractivity contribution in [2.45, 2.75) is 18.9 Å². The zero-order valence-electron chi connectivity index (χ0n) is 12.6. The molecule has 2 aromatic heterocycles. The second-order valence-electron chi connectivity index (χ2n) is 5.71. The van der Waals surface area contributed by atoms with E-state index in [1.807, 2.05) is 0 Å². The highest BCUT2D eigenvalue weighted by Gasteiger charge is 2.26. The van der Waals surface area contributed by atoms with E-state index in [9.17, 15) is 14.3 Å². The first-order valence-electron chi connectivity index (χ1n) is 7.24. The molecule has 0 aliphatic heterocycles. The summed E-state index contributed by atoms with van der Waals surface area (Å²) in [6, 6.07) is 7.71. The predicted molar refractivity (Wildman–Crippen MR) is 83.2 cm³/mol. The van der Waals surface area contributed by atoms with Crippen LogP contribution in [-0.2, 0) is 16.8 Å². The molecule has 1 atom stereocenters. The third-order valence-corrected chi connectivity index (χ3v) is 3.76. The second-order valence-corrected chi connectivity index (χ2v) is 5.71. The molecule has 0 bridgehead atoms. The van der Waals surface area contributed by atoms with E-state index in [2.05, 4.69) is 10.3 Å². The molecule has 2 heterocycles. The molecule has 0 saturated carbocycles. The summed E-state index contributed by atoms with van der Waals surface area (Å²) in [5, 5.41) is 13.6. The van der Waals surface area contributed by atoms with Crippen molar-refractivity contribution in [3.8, 4) is 0 Å². The lowest BCUT2D eigenvalue weighted by Crippen LogP contribution is -2.39. The van der Waals surface area contributed by atoms with Crippen LogP contribution in [0.4, 0.5) is 4.39 Å². The normalized spacial score (nSPS) is 13.9. The number of carbonyl (C=O) groups is 1. The summed E-state index contributed by atoms with van der Waals surface area (Å²) in [5.41, 5.74) is 0.192. The van der Waals surface area contributed by atoms with Gasteiger partial charge in [0.2, 0.25) is 5.91 Å². The van der Waals surface area contributed by atoms with E-state index in [-0.39, 0.29) is 24.7 Å². The van der Waals surface area contributed by atoms with Crippen LogP contribution in [0.5, 0.6) is 0 Å². The molecule has 0 spiro atoms. The molecule has 0 fully saturated rings. The molecule has 6 heteroatoms. The van der Waals surface area contributed by atoms with Crippen molar-refractivity contribution >= 4 is 16.8 Å². The lowest BCUT2D eigenvalue weighted by molar-refractivity contribution is -0.121. The van der Waals surface area contributed by atoms with Gasteiger partial charge in [0, 0.05) is 17.1 Å². The SMILES string of the molecule is CC(O)(CNC(=O)Cc1c[nH]c2ccc(F)cc12)c1ccco1. The van der Waals surface area contributed by atoms with Crippen molar-refractivity contribution in [1.82, 2.24) is 10.3 Å². The number of hydrogen-bond acceptors (Lipinski definition) is 3. The summed E-state index contributed by atoms with van der Waals surface area (Å²) in [6.07, 6.45) is 3.25. The van der Waals surface area contributed by atoms with Crippen LogP contribution < -0.4 is 5.32 Å². The predicted octanol–water partition coefficient (Wildman–Crippen LogP) is 2.47. The third-order valence-electron chi connectivity index (χ3n) is 3.76. The van der Waals surface area contributed by atoms with Gasteiger partial charge in [0.05, 0.1) is 19.2 Å². The Morgan fingerprint density at radius 1 is 1.43 bits per heavy atom. The Hall–Kier alpha value is -2.60. The van der Waals surface area contributed by atoms with Crippen molar-refractivity contribution in [2.75, 3.05) is 6.54 Å². The smallest absolute Gasteiger partial charge is 0.224 e. The van der Waals surface area contributed by atoms with E-state index >= 15 is 0 Å². The molecule has 1 amide bonds. The Morgan fingerprint density at radius 2 is 2.26 bits per heavy atom. The number of aromatic nitrogens is 1. The van der Waals surface area contributed by atoms with Gasteiger partial charge in [0.15, 0.2) is 0 Å². The van der Waals surface area contributed by atoms with Gasteiger partial charge in [0.1, 0.15) is 17.2 Å². The van der Waals surface area contributed by atoms with Gasteiger partial charge in [-0.3, -0.25) is 4.79 Å². The van der Waals surface area contributed by atoms with Crippen LogP contribution >= 0.6 is 0 Å². The molecule has 0 saturated heterocycles. The second kappa shape index (κ2) is 5.89. The molecule has 0 aliphatic carbocycles. The molecule has 23 heavy (non-hydrogen) atoms. The molecular formula is C17H17FN2O3. The van der Waals surface area contributed by atoms with Crippen LogP contribution in [0.15, 0.2) is 47.2 Å². The Kier molecular flexibility index (Phi) is 3.92. The molecule has 1 aromatic carbocycles. The van der Waals surface area contributed by atoms with Crippen molar-refractivity contribution < 1.29 is 18.7 Å². The Labute approximate surface area is 132 Å². The number of halogens is 1. The van der Waals surface area contributed by atoms with Crippen molar-refractivity contribution in [1.29, 1.82) is 0 Å². The number of rotatable bonds is 5. The van der Waals surface area contributed by atoms with Crippen molar-refractivity contribution in [3.63, 3.8) is 0 Å². The molecule has 3 aromatic rings. The van der Waals surface area contributed by atoms with Crippen LogP contribution in [0.1, 0.15) is 18.2 Å². The van der Waals surface area contributed by atoms with E-state index < -0.39 is 5.60 Å². The summed E-state index contributed by atoms with van der Waals surface area (Å²) in [7, 11) is 0. The first-order valence-corrected chi connectivity index (χ1v) is 7.24.